The number of pyridine rings is 1. The van der Waals surface area contributed by atoms with E-state index >= 15 is 0 Å². The minimum Gasteiger partial charge on any atom is -0.481 e. The van der Waals surface area contributed by atoms with Gasteiger partial charge in [0.2, 0.25) is 5.91 Å². The number of carboxylic acid groups (broad SMARTS) is 1. The summed E-state index contributed by atoms with van der Waals surface area (Å²) >= 11 is 0. The Morgan fingerprint density at radius 3 is 2.61 bits per heavy atom. The zero-order valence-corrected chi connectivity index (χ0v) is 15.4. The largest absolute Gasteiger partial charge is 0.481 e. The number of carboxylic acids is 1. The number of rotatable bonds is 6. The van der Waals surface area contributed by atoms with Crippen molar-refractivity contribution in [2.75, 3.05) is 5.32 Å². The maximum Gasteiger partial charge on any atom is 0.309 e. The van der Waals surface area contributed by atoms with Crippen LogP contribution < -0.4 is 10.1 Å². The second-order valence-electron chi connectivity index (χ2n) is 6.99. The molecular formula is C21H19FN2O4. The number of carbonyl (C=O) groups is 2. The Morgan fingerprint density at radius 2 is 1.89 bits per heavy atom. The zero-order valence-electron chi connectivity index (χ0n) is 15.4. The number of para-hydroxylation sites is 1. The smallest absolute Gasteiger partial charge is 0.309 e. The van der Waals surface area contributed by atoms with Crippen LogP contribution in [0.15, 0.2) is 54.7 Å². The zero-order chi connectivity index (χ0) is 20.3. The van der Waals surface area contributed by atoms with E-state index < -0.39 is 23.1 Å². The topological polar surface area (TPSA) is 88.5 Å². The number of carbonyl (C=O) groups excluding carboxylic acids is 1. The van der Waals surface area contributed by atoms with Crippen molar-refractivity contribution in [3.63, 3.8) is 0 Å². The quantitative estimate of drug-likeness (QED) is 0.650. The van der Waals surface area contributed by atoms with Crippen molar-refractivity contribution in [2.24, 2.45) is 5.41 Å². The molecule has 0 aliphatic carbocycles. The second kappa shape index (κ2) is 7.64. The van der Waals surface area contributed by atoms with Gasteiger partial charge in [-0.05, 0) is 44.2 Å². The molecule has 0 atom stereocenters. The molecule has 144 valence electrons. The van der Waals surface area contributed by atoms with Gasteiger partial charge >= 0.3 is 5.97 Å². The molecule has 7 heteroatoms. The summed E-state index contributed by atoms with van der Waals surface area (Å²) < 4.78 is 20.2. The molecule has 0 saturated carbocycles. The second-order valence-corrected chi connectivity index (χ2v) is 6.99. The maximum absolute atomic E-state index is 14.5. The average Bonchev–Trinajstić information content (AvgIpc) is 2.63. The van der Waals surface area contributed by atoms with Crippen molar-refractivity contribution < 1.29 is 23.8 Å². The van der Waals surface area contributed by atoms with E-state index in [1.165, 1.54) is 26.0 Å². The van der Waals surface area contributed by atoms with E-state index in [-0.39, 0.29) is 17.9 Å². The Labute approximate surface area is 161 Å². The number of aromatic nitrogens is 1. The lowest BCUT2D eigenvalue weighted by atomic mass is 9.89. The molecule has 0 radical (unpaired) electrons. The number of benzene rings is 2. The number of aliphatic carboxylic acids is 1. The SMILES string of the molecule is CC(C)(CC(=O)Nc1ccc(Oc2ccnc3ccccc23)c(F)c1)C(=O)O. The van der Waals surface area contributed by atoms with Crippen molar-refractivity contribution in [3.8, 4) is 11.5 Å². The molecule has 1 amide bonds. The van der Waals surface area contributed by atoms with Crippen LogP contribution in [0, 0.1) is 11.2 Å². The molecule has 0 bridgehead atoms. The van der Waals surface area contributed by atoms with Crippen LogP contribution in [0.1, 0.15) is 20.3 Å². The molecule has 0 aliphatic rings. The Kier molecular flexibility index (Phi) is 5.26. The molecule has 2 aromatic carbocycles. The van der Waals surface area contributed by atoms with E-state index in [2.05, 4.69) is 10.3 Å². The molecule has 3 aromatic rings. The number of hydrogen-bond donors (Lipinski definition) is 2. The number of halogens is 1. The standard InChI is InChI=1S/C21H19FN2O4/c1-21(2,20(26)27)12-19(25)24-13-7-8-18(15(22)11-13)28-17-9-10-23-16-6-4-3-5-14(16)17/h3-11H,12H2,1-2H3,(H,24,25)(H,26,27). The minimum atomic E-state index is -1.21. The van der Waals surface area contributed by atoms with Gasteiger partial charge in [0, 0.05) is 29.8 Å². The fourth-order valence-corrected chi connectivity index (χ4v) is 2.62. The molecule has 3 rings (SSSR count). The lowest BCUT2D eigenvalue weighted by Crippen LogP contribution is -2.29. The average molecular weight is 382 g/mol. The van der Waals surface area contributed by atoms with Crippen molar-refractivity contribution in [2.45, 2.75) is 20.3 Å². The molecule has 0 aliphatic heterocycles. The van der Waals surface area contributed by atoms with E-state index in [9.17, 15) is 14.0 Å². The highest BCUT2D eigenvalue weighted by atomic mass is 19.1. The number of amides is 1. The van der Waals surface area contributed by atoms with Crippen molar-refractivity contribution in [1.29, 1.82) is 0 Å². The van der Waals surface area contributed by atoms with E-state index in [4.69, 9.17) is 9.84 Å². The number of anilines is 1. The molecule has 0 saturated heterocycles. The number of nitrogens with one attached hydrogen (secondary N) is 1. The lowest BCUT2D eigenvalue weighted by Gasteiger charge is -2.18. The third kappa shape index (κ3) is 4.25. The van der Waals surface area contributed by atoms with E-state index in [0.717, 1.165) is 17.0 Å². The van der Waals surface area contributed by atoms with Crippen LogP contribution in [0.4, 0.5) is 10.1 Å². The van der Waals surface area contributed by atoms with Crippen LogP contribution in [0.25, 0.3) is 10.9 Å². The predicted octanol–water partition coefficient (Wildman–Crippen LogP) is 4.61. The van der Waals surface area contributed by atoms with Gasteiger partial charge in [0.05, 0.1) is 10.9 Å². The summed E-state index contributed by atoms with van der Waals surface area (Å²) in [5.74, 6) is -1.79. The normalized spacial score (nSPS) is 11.2. The molecule has 2 N–H and O–H groups in total. The number of nitrogens with zero attached hydrogens (tertiary/aromatic N) is 1. The van der Waals surface area contributed by atoms with Gasteiger partial charge in [-0.15, -0.1) is 0 Å². The van der Waals surface area contributed by atoms with Gasteiger partial charge in [0.15, 0.2) is 11.6 Å². The lowest BCUT2D eigenvalue weighted by molar-refractivity contribution is -0.148. The molecule has 28 heavy (non-hydrogen) atoms. The summed E-state index contributed by atoms with van der Waals surface area (Å²) in [6.45, 7) is 2.90. The van der Waals surface area contributed by atoms with E-state index in [0.29, 0.717) is 5.75 Å². The highest BCUT2D eigenvalue weighted by Gasteiger charge is 2.30. The molecule has 0 spiro atoms. The Morgan fingerprint density at radius 1 is 1.14 bits per heavy atom. The van der Waals surface area contributed by atoms with Crippen LogP contribution in [-0.2, 0) is 9.59 Å². The van der Waals surface area contributed by atoms with Gasteiger partial charge in [-0.1, -0.05) is 12.1 Å². The van der Waals surface area contributed by atoms with Crippen molar-refractivity contribution in [3.05, 3.63) is 60.5 Å². The third-order valence-electron chi connectivity index (χ3n) is 4.23. The van der Waals surface area contributed by atoms with Crippen LogP contribution in [0.2, 0.25) is 0 Å². The maximum atomic E-state index is 14.5. The van der Waals surface area contributed by atoms with Crippen LogP contribution >= 0.6 is 0 Å². The predicted molar refractivity (Wildman–Crippen MR) is 103 cm³/mol. The monoisotopic (exact) mass is 382 g/mol. The summed E-state index contributed by atoms with van der Waals surface area (Å²) in [5.41, 5.74) is -0.269. The van der Waals surface area contributed by atoms with Gasteiger partial charge in [-0.25, -0.2) is 4.39 Å². The third-order valence-corrected chi connectivity index (χ3v) is 4.23. The molecular weight excluding hydrogens is 363 g/mol. The summed E-state index contributed by atoms with van der Waals surface area (Å²) in [6, 6.07) is 13.0. The Balaban J connectivity index is 1.75. The fraction of sp³-hybridized carbons (Fsp3) is 0.190. The first-order valence-corrected chi connectivity index (χ1v) is 8.61. The first-order valence-electron chi connectivity index (χ1n) is 8.61. The summed E-state index contributed by atoms with van der Waals surface area (Å²) in [5, 5.41) is 12.3. The molecule has 0 fully saturated rings. The van der Waals surface area contributed by atoms with E-state index in [1.807, 2.05) is 24.3 Å². The van der Waals surface area contributed by atoms with Gasteiger partial charge in [-0.2, -0.15) is 0 Å². The fourth-order valence-electron chi connectivity index (χ4n) is 2.62. The van der Waals surface area contributed by atoms with Crippen molar-refractivity contribution in [1.82, 2.24) is 4.98 Å². The van der Waals surface area contributed by atoms with Gasteiger partial charge in [0.1, 0.15) is 5.75 Å². The van der Waals surface area contributed by atoms with Crippen LogP contribution in [-0.4, -0.2) is 22.0 Å². The first kappa shape index (κ1) is 19.3. The number of hydrogen-bond acceptors (Lipinski definition) is 4. The van der Waals surface area contributed by atoms with Gasteiger partial charge in [0.25, 0.3) is 0 Å². The summed E-state index contributed by atoms with van der Waals surface area (Å²) in [7, 11) is 0. The number of fused-ring (bicyclic) bond motifs is 1. The highest BCUT2D eigenvalue weighted by molar-refractivity contribution is 5.94. The van der Waals surface area contributed by atoms with Crippen LogP contribution in [0.5, 0.6) is 11.5 Å². The summed E-state index contributed by atoms with van der Waals surface area (Å²) in [6.07, 6.45) is 1.35. The summed E-state index contributed by atoms with van der Waals surface area (Å²) in [4.78, 5) is 27.4. The van der Waals surface area contributed by atoms with Gasteiger partial charge < -0.3 is 15.2 Å². The number of ether oxygens (including phenoxy) is 1. The minimum absolute atomic E-state index is 0.000202. The Hall–Kier alpha value is -3.48. The molecule has 6 nitrogen and oxygen atoms in total. The molecule has 1 aromatic heterocycles. The molecule has 0 unspecified atom stereocenters. The Bertz CT molecular complexity index is 1040. The van der Waals surface area contributed by atoms with Crippen molar-refractivity contribution >= 4 is 28.5 Å². The highest BCUT2D eigenvalue weighted by Crippen LogP contribution is 2.31. The van der Waals surface area contributed by atoms with Gasteiger partial charge in [-0.3, -0.25) is 14.6 Å². The van der Waals surface area contributed by atoms with Crippen LogP contribution in [0.3, 0.4) is 0 Å². The first-order chi connectivity index (χ1) is 13.3. The molecule has 1 heterocycles. The van der Waals surface area contributed by atoms with E-state index in [1.54, 1.807) is 12.3 Å².